The molecule has 2 rings (SSSR count). The van der Waals surface area contributed by atoms with E-state index in [-0.39, 0.29) is 5.01 Å². The van der Waals surface area contributed by atoms with Crippen LogP contribution >= 0.6 is 11.3 Å². The number of anilines is 2. The van der Waals surface area contributed by atoms with Crippen molar-refractivity contribution in [3.05, 3.63) is 29.3 Å². The molecule has 0 amide bonds. The highest BCUT2D eigenvalue weighted by atomic mass is 32.1. The van der Waals surface area contributed by atoms with E-state index in [9.17, 15) is 13.2 Å². The summed E-state index contributed by atoms with van der Waals surface area (Å²) in [7, 11) is 0. The highest BCUT2D eigenvalue weighted by Gasteiger charge is 2.33. The quantitative estimate of drug-likeness (QED) is 0.774. The van der Waals surface area contributed by atoms with Crippen LogP contribution in [0.5, 0.6) is 0 Å². The zero-order chi connectivity index (χ0) is 12.6. The summed E-state index contributed by atoms with van der Waals surface area (Å²) >= 11 is 0.886. The smallest absolute Gasteiger partial charge is 0.399 e. The molecule has 2 aromatic rings. The fraction of sp³-hybridized carbons (Fsp3) is 0.100. The van der Waals surface area contributed by atoms with Gasteiger partial charge in [0.05, 0.1) is 0 Å². The van der Waals surface area contributed by atoms with Gasteiger partial charge in [-0.1, -0.05) is 0 Å². The van der Waals surface area contributed by atoms with Crippen molar-refractivity contribution in [1.29, 1.82) is 0 Å². The number of benzene rings is 1. The number of rotatable bonds is 1. The summed E-state index contributed by atoms with van der Waals surface area (Å²) in [5.74, 6) is 0. The highest BCUT2D eigenvalue weighted by molar-refractivity contribution is 7.13. The summed E-state index contributed by atoms with van der Waals surface area (Å²) in [4.78, 5) is 3.51. The van der Waals surface area contributed by atoms with Gasteiger partial charge < -0.3 is 11.5 Å². The number of hydrogen-bond acceptors (Lipinski definition) is 4. The van der Waals surface area contributed by atoms with Crippen molar-refractivity contribution in [1.82, 2.24) is 4.98 Å². The summed E-state index contributed by atoms with van der Waals surface area (Å²) < 4.78 is 37.2. The normalized spacial score (nSPS) is 11.7. The molecular weight excluding hydrogens is 251 g/mol. The lowest BCUT2D eigenvalue weighted by Crippen LogP contribution is -2.05. The largest absolute Gasteiger partial charge is 0.434 e. The van der Waals surface area contributed by atoms with E-state index in [1.165, 1.54) is 6.07 Å². The van der Waals surface area contributed by atoms with Gasteiger partial charge in [0.15, 0.2) is 5.69 Å². The number of nitrogens with zero attached hydrogens (tertiary/aromatic N) is 1. The SMILES string of the molecule is Nc1ccc(N)c(-c2nc(C(F)(F)F)cs2)c1. The molecule has 4 N–H and O–H groups in total. The third-order valence-electron chi connectivity index (χ3n) is 2.10. The summed E-state index contributed by atoms with van der Waals surface area (Å²) in [5, 5.41) is 1.17. The van der Waals surface area contributed by atoms with E-state index < -0.39 is 11.9 Å². The second-order valence-corrected chi connectivity index (χ2v) is 4.24. The number of hydrogen-bond donors (Lipinski definition) is 2. The fourth-order valence-electron chi connectivity index (χ4n) is 1.29. The molecule has 0 bridgehead atoms. The second kappa shape index (κ2) is 3.92. The molecule has 0 saturated carbocycles. The van der Waals surface area contributed by atoms with E-state index in [1.54, 1.807) is 12.1 Å². The minimum absolute atomic E-state index is 0.210. The average molecular weight is 259 g/mol. The molecule has 1 heterocycles. The fourth-order valence-corrected chi connectivity index (χ4v) is 2.15. The van der Waals surface area contributed by atoms with Crippen molar-refractivity contribution in [3.63, 3.8) is 0 Å². The highest BCUT2D eigenvalue weighted by Crippen LogP contribution is 2.35. The third-order valence-corrected chi connectivity index (χ3v) is 2.98. The van der Waals surface area contributed by atoms with Gasteiger partial charge in [-0.25, -0.2) is 4.98 Å². The van der Waals surface area contributed by atoms with E-state index in [4.69, 9.17) is 11.5 Å². The van der Waals surface area contributed by atoms with E-state index in [1.807, 2.05) is 0 Å². The Balaban J connectivity index is 2.47. The van der Waals surface area contributed by atoms with Gasteiger partial charge in [-0.2, -0.15) is 13.2 Å². The van der Waals surface area contributed by atoms with Crippen LogP contribution in [-0.4, -0.2) is 4.98 Å². The van der Waals surface area contributed by atoms with Gasteiger partial charge in [-0.15, -0.1) is 11.3 Å². The van der Waals surface area contributed by atoms with Crippen molar-refractivity contribution in [2.75, 3.05) is 11.5 Å². The molecule has 0 radical (unpaired) electrons. The minimum Gasteiger partial charge on any atom is -0.399 e. The molecular formula is C10H8F3N3S. The number of aromatic nitrogens is 1. The number of nitrogen functional groups attached to an aromatic ring is 2. The Morgan fingerprint density at radius 1 is 1.18 bits per heavy atom. The van der Waals surface area contributed by atoms with Crippen molar-refractivity contribution >= 4 is 22.7 Å². The van der Waals surface area contributed by atoms with Crippen molar-refractivity contribution in [2.45, 2.75) is 6.18 Å². The Morgan fingerprint density at radius 2 is 1.88 bits per heavy atom. The van der Waals surface area contributed by atoms with Crippen LogP contribution in [0.4, 0.5) is 24.5 Å². The predicted octanol–water partition coefficient (Wildman–Crippen LogP) is 2.99. The standard InChI is InChI=1S/C10H8F3N3S/c11-10(12,13)8-4-17-9(16-8)6-3-5(14)1-2-7(6)15/h1-4H,14-15H2. The Hall–Kier alpha value is -1.76. The zero-order valence-electron chi connectivity index (χ0n) is 8.45. The Morgan fingerprint density at radius 3 is 2.47 bits per heavy atom. The van der Waals surface area contributed by atoms with E-state index >= 15 is 0 Å². The monoisotopic (exact) mass is 259 g/mol. The van der Waals surface area contributed by atoms with Gasteiger partial charge in [-0.3, -0.25) is 0 Å². The van der Waals surface area contributed by atoms with Gasteiger partial charge in [0.1, 0.15) is 5.01 Å². The van der Waals surface area contributed by atoms with Crippen LogP contribution in [0.3, 0.4) is 0 Å². The lowest BCUT2D eigenvalue weighted by Gasteiger charge is -2.03. The average Bonchev–Trinajstić information content (AvgIpc) is 2.70. The molecule has 0 unspecified atom stereocenters. The number of halogens is 3. The van der Waals surface area contributed by atoms with E-state index in [2.05, 4.69) is 4.98 Å². The topological polar surface area (TPSA) is 64.9 Å². The third kappa shape index (κ3) is 2.33. The molecule has 1 aromatic carbocycles. The van der Waals surface area contributed by atoms with Crippen molar-refractivity contribution in [3.8, 4) is 10.6 Å². The number of alkyl halides is 3. The van der Waals surface area contributed by atoms with E-state index in [0.717, 1.165) is 16.7 Å². The summed E-state index contributed by atoms with van der Waals surface area (Å²) in [5.41, 5.74) is 11.5. The second-order valence-electron chi connectivity index (χ2n) is 3.38. The summed E-state index contributed by atoms with van der Waals surface area (Å²) in [6, 6.07) is 4.63. The minimum atomic E-state index is -4.44. The molecule has 0 aliphatic heterocycles. The van der Waals surface area contributed by atoms with Gasteiger partial charge in [0.2, 0.25) is 0 Å². The first kappa shape index (κ1) is 11.7. The molecule has 90 valence electrons. The van der Waals surface area contributed by atoms with Crippen LogP contribution < -0.4 is 11.5 Å². The predicted molar refractivity (Wildman–Crippen MR) is 61.4 cm³/mol. The summed E-state index contributed by atoms with van der Waals surface area (Å²) in [6.45, 7) is 0. The van der Waals surface area contributed by atoms with Gasteiger partial charge in [-0.05, 0) is 18.2 Å². The molecule has 0 spiro atoms. The first-order valence-corrected chi connectivity index (χ1v) is 5.44. The first-order valence-electron chi connectivity index (χ1n) is 4.56. The maximum absolute atomic E-state index is 12.4. The Kier molecular flexibility index (Phi) is 2.70. The lowest BCUT2D eigenvalue weighted by atomic mass is 10.1. The van der Waals surface area contributed by atoms with Gasteiger partial charge in [0, 0.05) is 22.3 Å². The lowest BCUT2D eigenvalue weighted by molar-refractivity contribution is -0.140. The molecule has 17 heavy (non-hydrogen) atoms. The van der Waals surface area contributed by atoms with Crippen LogP contribution in [0.1, 0.15) is 5.69 Å². The molecule has 3 nitrogen and oxygen atoms in total. The van der Waals surface area contributed by atoms with Crippen LogP contribution in [0.15, 0.2) is 23.6 Å². The molecule has 0 atom stereocenters. The number of nitrogens with two attached hydrogens (primary N) is 2. The van der Waals surface area contributed by atoms with Gasteiger partial charge in [0.25, 0.3) is 0 Å². The van der Waals surface area contributed by atoms with Crippen molar-refractivity contribution < 1.29 is 13.2 Å². The molecule has 0 fully saturated rings. The zero-order valence-corrected chi connectivity index (χ0v) is 9.27. The van der Waals surface area contributed by atoms with Crippen LogP contribution in [0.25, 0.3) is 10.6 Å². The van der Waals surface area contributed by atoms with Crippen LogP contribution in [-0.2, 0) is 6.18 Å². The number of thiazole rings is 1. The van der Waals surface area contributed by atoms with Crippen LogP contribution in [0, 0.1) is 0 Å². The maximum Gasteiger partial charge on any atom is 0.434 e. The van der Waals surface area contributed by atoms with Crippen LogP contribution in [0.2, 0.25) is 0 Å². The first-order chi connectivity index (χ1) is 7.88. The maximum atomic E-state index is 12.4. The summed E-state index contributed by atoms with van der Waals surface area (Å²) in [6.07, 6.45) is -4.44. The van der Waals surface area contributed by atoms with E-state index in [0.29, 0.717) is 16.9 Å². The molecule has 0 aliphatic carbocycles. The Bertz CT molecular complexity index is 548. The van der Waals surface area contributed by atoms with Gasteiger partial charge >= 0.3 is 6.18 Å². The molecule has 7 heteroatoms. The Labute approximate surface area is 98.9 Å². The van der Waals surface area contributed by atoms with Crippen molar-refractivity contribution in [2.24, 2.45) is 0 Å². The molecule has 0 aliphatic rings. The molecule has 1 aromatic heterocycles. The molecule has 0 saturated heterocycles.